The minimum atomic E-state index is 0.0448. The lowest BCUT2D eigenvalue weighted by Crippen LogP contribution is -2.03. The first-order chi connectivity index (χ1) is 12.1. The molecule has 25 heavy (non-hydrogen) atoms. The molecule has 4 rings (SSSR count). The van der Waals surface area contributed by atoms with Gasteiger partial charge in [-0.05, 0) is 30.6 Å². The molecule has 0 aliphatic carbocycles. The molecule has 0 amide bonds. The first kappa shape index (κ1) is 15.4. The molecule has 0 atom stereocenters. The number of benzene rings is 1. The van der Waals surface area contributed by atoms with E-state index in [1.54, 1.807) is 19.2 Å². The molecule has 3 heterocycles. The van der Waals surface area contributed by atoms with E-state index in [2.05, 4.69) is 29.5 Å². The number of anilines is 1. The van der Waals surface area contributed by atoms with E-state index in [1.165, 1.54) is 11.5 Å². The average Bonchev–Trinajstić information content (AvgIpc) is 3.23. The van der Waals surface area contributed by atoms with Crippen LogP contribution in [-0.2, 0) is 0 Å². The fraction of sp³-hybridized carbons (Fsp3) is 0.0667. The van der Waals surface area contributed by atoms with E-state index in [-0.39, 0.29) is 11.5 Å². The van der Waals surface area contributed by atoms with Crippen LogP contribution in [0.15, 0.2) is 18.3 Å². The quantitative estimate of drug-likeness (QED) is 0.556. The predicted octanol–water partition coefficient (Wildman–Crippen LogP) is 2.95. The smallest absolute Gasteiger partial charge is 0.183 e. The zero-order valence-electron chi connectivity index (χ0n) is 12.8. The Labute approximate surface area is 150 Å². The Bertz CT molecular complexity index is 1160. The van der Waals surface area contributed by atoms with Crippen LogP contribution in [0.3, 0.4) is 0 Å². The van der Waals surface area contributed by atoms with Gasteiger partial charge >= 0.3 is 0 Å². The summed E-state index contributed by atoms with van der Waals surface area (Å²) >= 11 is 7.52. The standard InChI is InChI=1S/C15H9ClN8S/c1-6-20-15(25-24-6)13-12(21-10(4-17)14(18)22-13)7-2-8-5-19-23-11(8)9(16)3-7/h2-3,5H,1H3,(H2,18,22)(H,19,23). The molecule has 3 N–H and O–H groups in total. The maximum Gasteiger partial charge on any atom is 0.183 e. The lowest BCUT2D eigenvalue weighted by molar-refractivity contribution is 1.12. The van der Waals surface area contributed by atoms with Gasteiger partial charge < -0.3 is 5.73 Å². The molecule has 0 radical (unpaired) electrons. The number of hydrogen-bond acceptors (Lipinski definition) is 8. The number of aromatic amines is 1. The molecule has 0 bridgehead atoms. The molecule has 4 aromatic rings. The monoisotopic (exact) mass is 368 g/mol. The molecular weight excluding hydrogens is 360 g/mol. The number of nitrogens with two attached hydrogens (primary N) is 1. The van der Waals surface area contributed by atoms with Gasteiger partial charge in [-0.25, -0.2) is 15.0 Å². The van der Waals surface area contributed by atoms with Gasteiger partial charge in [-0.1, -0.05) is 11.6 Å². The Morgan fingerprint density at radius 1 is 1.24 bits per heavy atom. The van der Waals surface area contributed by atoms with Gasteiger partial charge in [-0.2, -0.15) is 14.7 Å². The number of fused-ring (bicyclic) bond motifs is 1. The normalized spacial score (nSPS) is 10.9. The zero-order valence-corrected chi connectivity index (χ0v) is 14.4. The minimum Gasteiger partial charge on any atom is -0.381 e. The molecule has 0 saturated carbocycles. The van der Waals surface area contributed by atoms with Crippen LogP contribution in [-0.4, -0.2) is 29.5 Å². The van der Waals surface area contributed by atoms with Gasteiger partial charge in [0.25, 0.3) is 0 Å². The Hall–Kier alpha value is -3.09. The Morgan fingerprint density at radius 3 is 2.80 bits per heavy atom. The number of nitriles is 1. The number of nitrogens with zero attached hydrogens (tertiary/aromatic N) is 6. The van der Waals surface area contributed by atoms with Crippen molar-refractivity contribution in [3.05, 3.63) is 34.9 Å². The Kier molecular flexibility index (Phi) is 3.56. The van der Waals surface area contributed by atoms with Crippen LogP contribution in [0.4, 0.5) is 5.82 Å². The molecule has 0 aliphatic rings. The maximum absolute atomic E-state index is 9.25. The van der Waals surface area contributed by atoms with Crippen LogP contribution < -0.4 is 5.73 Å². The summed E-state index contributed by atoms with van der Waals surface area (Å²) in [5.74, 6) is 0.670. The van der Waals surface area contributed by atoms with E-state index in [9.17, 15) is 5.26 Å². The van der Waals surface area contributed by atoms with Crippen molar-refractivity contribution in [2.24, 2.45) is 0 Å². The van der Waals surface area contributed by atoms with Gasteiger partial charge in [0.2, 0.25) is 0 Å². The summed E-state index contributed by atoms with van der Waals surface area (Å²) in [6.07, 6.45) is 1.66. The van der Waals surface area contributed by atoms with Gasteiger partial charge in [-0.15, -0.1) is 0 Å². The topological polar surface area (TPSA) is 130 Å². The largest absolute Gasteiger partial charge is 0.381 e. The van der Waals surface area contributed by atoms with Gasteiger partial charge in [0.1, 0.15) is 23.3 Å². The number of halogens is 1. The first-order valence-electron chi connectivity index (χ1n) is 7.08. The number of nitrogens with one attached hydrogen (secondary N) is 1. The van der Waals surface area contributed by atoms with Crippen LogP contribution in [0.1, 0.15) is 11.5 Å². The molecular formula is C15H9ClN8S. The number of aromatic nitrogens is 6. The number of H-pyrrole nitrogens is 1. The Morgan fingerprint density at radius 2 is 2.08 bits per heavy atom. The van der Waals surface area contributed by atoms with Crippen molar-refractivity contribution in [2.75, 3.05) is 5.73 Å². The van der Waals surface area contributed by atoms with E-state index >= 15 is 0 Å². The number of nitrogen functional groups attached to an aromatic ring is 1. The van der Waals surface area contributed by atoms with E-state index < -0.39 is 0 Å². The zero-order chi connectivity index (χ0) is 17.6. The van der Waals surface area contributed by atoms with Gasteiger partial charge in [0, 0.05) is 10.9 Å². The Balaban J connectivity index is 2.02. The van der Waals surface area contributed by atoms with E-state index in [1.807, 2.05) is 12.1 Å². The van der Waals surface area contributed by atoms with Crippen LogP contribution in [0.2, 0.25) is 5.02 Å². The molecule has 0 unspecified atom stereocenters. The van der Waals surface area contributed by atoms with Crippen LogP contribution in [0.5, 0.6) is 0 Å². The number of hydrogen-bond donors (Lipinski definition) is 2. The average molecular weight is 369 g/mol. The number of aryl methyl sites for hydroxylation is 1. The van der Waals surface area contributed by atoms with Crippen molar-refractivity contribution in [1.82, 2.24) is 29.5 Å². The molecule has 8 nitrogen and oxygen atoms in total. The summed E-state index contributed by atoms with van der Waals surface area (Å²) in [7, 11) is 0. The molecule has 0 spiro atoms. The van der Waals surface area contributed by atoms with Gasteiger partial charge in [0.15, 0.2) is 16.5 Å². The first-order valence-corrected chi connectivity index (χ1v) is 8.23. The van der Waals surface area contributed by atoms with E-state index in [0.717, 1.165) is 10.9 Å². The van der Waals surface area contributed by atoms with Crippen LogP contribution in [0, 0.1) is 18.3 Å². The maximum atomic E-state index is 9.25. The van der Waals surface area contributed by atoms with Crippen molar-refractivity contribution in [1.29, 1.82) is 5.26 Å². The lowest BCUT2D eigenvalue weighted by atomic mass is 10.1. The van der Waals surface area contributed by atoms with Crippen molar-refractivity contribution < 1.29 is 0 Å². The summed E-state index contributed by atoms with van der Waals surface area (Å²) in [4.78, 5) is 13.1. The lowest BCUT2D eigenvalue weighted by Gasteiger charge is -2.09. The fourth-order valence-corrected chi connectivity index (χ4v) is 3.36. The summed E-state index contributed by atoms with van der Waals surface area (Å²) in [6.45, 7) is 1.79. The van der Waals surface area contributed by atoms with Crippen LogP contribution >= 0.6 is 23.1 Å². The molecule has 10 heteroatoms. The predicted molar refractivity (Wildman–Crippen MR) is 94.9 cm³/mol. The molecule has 0 saturated heterocycles. The van der Waals surface area contributed by atoms with E-state index in [0.29, 0.717) is 32.8 Å². The van der Waals surface area contributed by atoms with Crippen molar-refractivity contribution in [2.45, 2.75) is 6.92 Å². The molecule has 0 fully saturated rings. The SMILES string of the molecule is Cc1nsc(-c2nc(N)c(C#N)nc2-c2cc(Cl)c3[nH]ncc3c2)n1. The third-order valence-corrected chi connectivity index (χ3v) is 4.64. The highest BCUT2D eigenvalue weighted by atomic mass is 35.5. The van der Waals surface area contributed by atoms with Crippen molar-refractivity contribution >= 4 is 39.9 Å². The highest BCUT2D eigenvalue weighted by molar-refractivity contribution is 7.09. The summed E-state index contributed by atoms with van der Waals surface area (Å²) in [5.41, 5.74) is 8.23. The van der Waals surface area contributed by atoms with Crippen molar-refractivity contribution in [3.8, 4) is 28.0 Å². The highest BCUT2D eigenvalue weighted by Crippen LogP contribution is 2.35. The molecule has 122 valence electrons. The summed E-state index contributed by atoms with van der Waals surface area (Å²) in [5, 5.41) is 18.0. The third kappa shape index (κ3) is 2.57. The van der Waals surface area contributed by atoms with Crippen LogP contribution in [0.25, 0.3) is 32.9 Å². The van der Waals surface area contributed by atoms with Gasteiger partial charge in [0.05, 0.1) is 16.7 Å². The second kappa shape index (κ2) is 5.77. The summed E-state index contributed by atoms with van der Waals surface area (Å²) in [6, 6.07) is 5.55. The second-order valence-electron chi connectivity index (χ2n) is 5.21. The molecule has 3 aromatic heterocycles. The van der Waals surface area contributed by atoms with Crippen molar-refractivity contribution in [3.63, 3.8) is 0 Å². The van der Waals surface area contributed by atoms with E-state index in [4.69, 9.17) is 17.3 Å². The van der Waals surface area contributed by atoms with Gasteiger partial charge in [-0.3, -0.25) is 5.10 Å². The highest BCUT2D eigenvalue weighted by Gasteiger charge is 2.19. The minimum absolute atomic E-state index is 0.0448. The third-order valence-electron chi connectivity index (χ3n) is 3.53. The second-order valence-corrected chi connectivity index (χ2v) is 6.36. The molecule has 0 aliphatic heterocycles. The number of rotatable bonds is 2. The fourth-order valence-electron chi connectivity index (χ4n) is 2.43. The summed E-state index contributed by atoms with van der Waals surface area (Å²) < 4.78 is 4.18. The molecule has 1 aromatic carbocycles.